The Hall–Kier alpha value is -1.39. The van der Waals surface area contributed by atoms with Crippen molar-refractivity contribution in [1.29, 1.82) is 0 Å². The number of hydrogen-bond acceptors (Lipinski definition) is 4. The van der Waals surface area contributed by atoms with Crippen LogP contribution in [0.5, 0.6) is 0 Å². The third-order valence-corrected chi connectivity index (χ3v) is 3.08. The minimum atomic E-state index is -0.811. The van der Waals surface area contributed by atoms with Crippen molar-refractivity contribution >= 4 is 5.97 Å². The topological polar surface area (TPSA) is 61.5 Å². The third kappa shape index (κ3) is 3.31. The molecule has 0 spiro atoms. The molecule has 1 saturated carbocycles. The molecular weight excluding hydrogens is 230 g/mol. The molecule has 1 aromatic carbocycles. The minimum Gasteiger partial charge on any atom is -0.444 e. The first-order valence-electron chi connectivity index (χ1n) is 6.27. The molecule has 1 aliphatic rings. The Bertz CT molecular complexity index is 399. The number of nitrogens with two attached hydrogens (primary N) is 1. The lowest BCUT2D eigenvalue weighted by molar-refractivity contribution is -0.190. The van der Waals surface area contributed by atoms with Gasteiger partial charge in [0.2, 0.25) is 0 Å². The summed E-state index contributed by atoms with van der Waals surface area (Å²) in [6, 6.07) is 9.98. The summed E-state index contributed by atoms with van der Waals surface area (Å²) in [6.45, 7) is 2.33. The number of rotatable bonds is 5. The molecule has 0 saturated heterocycles. The van der Waals surface area contributed by atoms with Crippen LogP contribution in [0, 0.1) is 0 Å². The highest BCUT2D eigenvalue weighted by Gasteiger charge is 2.45. The smallest absolute Gasteiger partial charge is 0.307 e. The van der Waals surface area contributed by atoms with Gasteiger partial charge in [-0.1, -0.05) is 37.3 Å². The zero-order valence-electron chi connectivity index (χ0n) is 10.6. The molecule has 1 aliphatic carbocycles. The Morgan fingerprint density at radius 1 is 1.39 bits per heavy atom. The average Bonchev–Trinajstić information content (AvgIpc) is 2.35. The van der Waals surface area contributed by atoms with E-state index in [0.717, 1.165) is 5.56 Å². The summed E-state index contributed by atoms with van der Waals surface area (Å²) >= 11 is 0. The van der Waals surface area contributed by atoms with Crippen LogP contribution in [-0.2, 0) is 20.9 Å². The van der Waals surface area contributed by atoms with Crippen molar-refractivity contribution in [2.45, 2.75) is 44.6 Å². The second-order valence-electron chi connectivity index (χ2n) is 4.72. The summed E-state index contributed by atoms with van der Waals surface area (Å²) in [7, 11) is 0. The fraction of sp³-hybridized carbons (Fsp3) is 0.500. The molecule has 1 aromatic rings. The zero-order valence-corrected chi connectivity index (χ0v) is 10.6. The van der Waals surface area contributed by atoms with E-state index < -0.39 is 5.72 Å². The number of carbonyl (C=O) groups excluding carboxylic acids is 1. The minimum absolute atomic E-state index is 0.0832. The van der Waals surface area contributed by atoms with Crippen LogP contribution in [0.4, 0.5) is 0 Å². The van der Waals surface area contributed by atoms with E-state index >= 15 is 0 Å². The molecule has 0 heterocycles. The molecule has 98 valence electrons. The normalized spacial score (nSPS) is 26.4. The summed E-state index contributed by atoms with van der Waals surface area (Å²) in [5.41, 5.74) is 6.24. The molecule has 0 aliphatic heterocycles. The number of hydrogen-bond donors (Lipinski definition) is 1. The van der Waals surface area contributed by atoms with Crippen molar-refractivity contribution in [3.8, 4) is 0 Å². The van der Waals surface area contributed by atoms with E-state index in [9.17, 15) is 4.79 Å². The van der Waals surface area contributed by atoms with Crippen molar-refractivity contribution in [3.05, 3.63) is 35.9 Å². The second-order valence-corrected chi connectivity index (χ2v) is 4.72. The molecule has 18 heavy (non-hydrogen) atoms. The fourth-order valence-corrected chi connectivity index (χ4v) is 2.00. The lowest BCUT2D eigenvalue weighted by Crippen LogP contribution is -2.58. The van der Waals surface area contributed by atoms with Crippen LogP contribution < -0.4 is 5.73 Å². The Kier molecular flexibility index (Phi) is 3.99. The lowest BCUT2D eigenvalue weighted by atomic mass is 9.85. The van der Waals surface area contributed by atoms with Crippen molar-refractivity contribution in [2.75, 3.05) is 0 Å². The van der Waals surface area contributed by atoms with Crippen LogP contribution >= 0.6 is 0 Å². The highest BCUT2D eigenvalue weighted by molar-refractivity contribution is 5.69. The molecule has 0 atom stereocenters. The van der Waals surface area contributed by atoms with Gasteiger partial charge in [-0.05, 0) is 5.56 Å². The number of carbonyl (C=O) groups is 1. The highest BCUT2D eigenvalue weighted by atomic mass is 16.6. The predicted molar refractivity (Wildman–Crippen MR) is 67.6 cm³/mol. The maximum atomic E-state index is 11.2. The van der Waals surface area contributed by atoms with Gasteiger partial charge < -0.3 is 9.47 Å². The average molecular weight is 249 g/mol. The van der Waals surface area contributed by atoms with E-state index in [2.05, 4.69) is 0 Å². The first kappa shape index (κ1) is 13.1. The Balaban J connectivity index is 1.71. The van der Waals surface area contributed by atoms with Gasteiger partial charge in [0.1, 0.15) is 0 Å². The maximum Gasteiger partial charge on any atom is 0.307 e. The van der Waals surface area contributed by atoms with Gasteiger partial charge in [-0.2, -0.15) is 0 Å². The molecule has 4 nitrogen and oxygen atoms in total. The molecule has 4 heteroatoms. The molecule has 0 aromatic heterocycles. The van der Waals surface area contributed by atoms with Gasteiger partial charge in [-0.3, -0.25) is 10.5 Å². The SMILES string of the molecule is CCC(=O)OC1(N)CC(OCc2ccccc2)C1. The summed E-state index contributed by atoms with van der Waals surface area (Å²) in [4.78, 5) is 11.2. The monoisotopic (exact) mass is 249 g/mol. The Labute approximate surface area is 107 Å². The van der Waals surface area contributed by atoms with Crippen LogP contribution in [-0.4, -0.2) is 17.8 Å². The molecule has 0 unspecified atom stereocenters. The van der Waals surface area contributed by atoms with Gasteiger partial charge in [0, 0.05) is 19.3 Å². The van der Waals surface area contributed by atoms with E-state index in [4.69, 9.17) is 15.2 Å². The van der Waals surface area contributed by atoms with Gasteiger partial charge in [-0.25, -0.2) is 0 Å². The largest absolute Gasteiger partial charge is 0.444 e. The van der Waals surface area contributed by atoms with E-state index in [1.807, 2.05) is 30.3 Å². The quantitative estimate of drug-likeness (QED) is 0.640. The van der Waals surface area contributed by atoms with Gasteiger partial charge >= 0.3 is 5.97 Å². The molecule has 0 radical (unpaired) electrons. The van der Waals surface area contributed by atoms with Crippen molar-refractivity contribution < 1.29 is 14.3 Å². The first-order chi connectivity index (χ1) is 8.61. The Morgan fingerprint density at radius 3 is 2.67 bits per heavy atom. The van der Waals surface area contributed by atoms with Gasteiger partial charge in [-0.15, -0.1) is 0 Å². The fourth-order valence-electron chi connectivity index (χ4n) is 2.00. The number of esters is 1. The number of benzene rings is 1. The standard InChI is InChI=1S/C14H19NO3/c1-2-13(16)18-14(15)8-12(9-14)17-10-11-6-4-3-5-7-11/h3-7,12H,2,8-10,15H2,1H3. The van der Waals surface area contributed by atoms with Crippen LogP contribution in [0.25, 0.3) is 0 Å². The van der Waals surface area contributed by atoms with E-state index in [1.165, 1.54) is 0 Å². The highest BCUT2D eigenvalue weighted by Crippen LogP contribution is 2.34. The first-order valence-corrected chi connectivity index (χ1v) is 6.27. The van der Waals surface area contributed by atoms with E-state index in [-0.39, 0.29) is 12.1 Å². The molecule has 2 N–H and O–H groups in total. The van der Waals surface area contributed by atoms with Crippen molar-refractivity contribution in [3.63, 3.8) is 0 Å². The van der Waals surface area contributed by atoms with Crippen LogP contribution in [0.1, 0.15) is 31.7 Å². The number of ether oxygens (including phenoxy) is 2. The summed E-state index contributed by atoms with van der Waals surface area (Å²) in [5.74, 6) is -0.251. The van der Waals surface area contributed by atoms with Crippen LogP contribution in [0.2, 0.25) is 0 Å². The summed E-state index contributed by atoms with van der Waals surface area (Å²) < 4.78 is 10.9. The zero-order chi connectivity index (χ0) is 13.0. The van der Waals surface area contributed by atoms with E-state index in [0.29, 0.717) is 25.9 Å². The van der Waals surface area contributed by atoms with Crippen molar-refractivity contribution in [1.82, 2.24) is 0 Å². The van der Waals surface area contributed by atoms with E-state index in [1.54, 1.807) is 6.92 Å². The van der Waals surface area contributed by atoms with Gasteiger partial charge in [0.25, 0.3) is 0 Å². The molecule has 0 amide bonds. The molecule has 0 bridgehead atoms. The van der Waals surface area contributed by atoms with Gasteiger partial charge in [0.05, 0.1) is 12.7 Å². The molecular formula is C14H19NO3. The van der Waals surface area contributed by atoms with Crippen molar-refractivity contribution in [2.24, 2.45) is 5.73 Å². The summed E-state index contributed by atoms with van der Waals surface area (Å²) in [6.07, 6.45) is 1.59. The van der Waals surface area contributed by atoms with Gasteiger partial charge in [0.15, 0.2) is 5.72 Å². The van der Waals surface area contributed by atoms with Crippen LogP contribution in [0.15, 0.2) is 30.3 Å². The second kappa shape index (κ2) is 5.50. The van der Waals surface area contributed by atoms with Crippen LogP contribution in [0.3, 0.4) is 0 Å². The molecule has 2 rings (SSSR count). The maximum absolute atomic E-state index is 11.2. The summed E-state index contributed by atoms with van der Waals surface area (Å²) in [5, 5.41) is 0. The lowest BCUT2D eigenvalue weighted by Gasteiger charge is -2.43. The predicted octanol–water partition coefficient (Wildman–Crippen LogP) is 1.97. The third-order valence-electron chi connectivity index (χ3n) is 3.08. The Morgan fingerprint density at radius 2 is 2.06 bits per heavy atom. The molecule has 1 fully saturated rings.